The van der Waals surface area contributed by atoms with E-state index in [1.54, 1.807) is 12.1 Å². The molecule has 5 rings (SSSR count). The molecule has 0 atom stereocenters. The molecular formula is C19H20FN5O. The standard InChI is InChI=1S/C19H20FN5O/c20-16-4-2-1-3-14(16)9-17-22-23-18-12-24(7-8-25(17)18)11-15-10-21-19(26-15)13-5-6-13/h1-4,10,13H,5-9,11-12H2. The lowest BCUT2D eigenvalue weighted by molar-refractivity contribution is 0.191. The molecule has 0 radical (unpaired) electrons. The van der Waals surface area contributed by atoms with E-state index in [-0.39, 0.29) is 5.82 Å². The number of halogens is 1. The van der Waals surface area contributed by atoms with Crippen LogP contribution in [-0.4, -0.2) is 31.2 Å². The third kappa shape index (κ3) is 3.03. The molecule has 7 heteroatoms. The molecule has 1 aliphatic carbocycles. The van der Waals surface area contributed by atoms with Crippen LogP contribution in [0.25, 0.3) is 0 Å². The van der Waals surface area contributed by atoms with Gasteiger partial charge in [-0.15, -0.1) is 10.2 Å². The average Bonchev–Trinajstić information content (AvgIpc) is 3.28. The van der Waals surface area contributed by atoms with E-state index in [1.165, 1.54) is 18.9 Å². The van der Waals surface area contributed by atoms with Crippen LogP contribution in [0.2, 0.25) is 0 Å². The van der Waals surface area contributed by atoms with Crippen LogP contribution in [-0.2, 0) is 26.1 Å². The van der Waals surface area contributed by atoms with Crippen molar-refractivity contribution in [1.29, 1.82) is 0 Å². The van der Waals surface area contributed by atoms with Gasteiger partial charge in [0.15, 0.2) is 5.89 Å². The minimum absolute atomic E-state index is 0.195. The van der Waals surface area contributed by atoms with Crippen LogP contribution in [0.4, 0.5) is 4.39 Å². The number of nitrogens with zero attached hydrogens (tertiary/aromatic N) is 5. The van der Waals surface area contributed by atoms with Gasteiger partial charge in [0.25, 0.3) is 0 Å². The SMILES string of the molecule is Fc1ccccc1Cc1nnc2n1CCN(Cc1cnc(C3CC3)o1)C2. The van der Waals surface area contributed by atoms with Crippen molar-refractivity contribution in [2.24, 2.45) is 0 Å². The van der Waals surface area contributed by atoms with Crippen LogP contribution < -0.4 is 0 Å². The van der Waals surface area contributed by atoms with Gasteiger partial charge in [-0.05, 0) is 24.5 Å². The Labute approximate surface area is 150 Å². The van der Waals surface area contributed by atoms with Crippen molar-refractivity contribution in [3.8, 4) is 0 Å². The molecule has 1 aromatic carbocycles. The van der Waals surface area contributed by atoms with Gasteiger partial charge in [-0.2, -0.15) is 0 Å². The predicted octanol–water partition coefficient (Wildman–Crippen LogP) is 2.89. The third-order valence-corrected chi connectivity index (χ3v) is 5.09. The van der Waals surface area contributed by atoms with Gasteiger partial charge in [0.05, 0.1) is 19.3 Å². The summed E-state index contributed by atoms with van der Waals surface area (Å²) in [6.45, 7) is 3.13. The summed E-state index contributed by atoms with van der Waals surface area (Å²) in [7, 11) is 0. The molecule has 0 saturated heterocycles. The minimum atomic E-state index is -0.195. The average molecular weight is 353 g/mol. The minimum Gasteiger partial charge on any atom is -0.444 e. The Hall–Kier alpha value is -2.54. The molecule has 2 aromatic heterocycles. The Bertz CT molecular complexity index is 930. The Balaban J connectivity index is 1.28. The zero-order chi connectivity index (χ0) is 17.5. The van der Waals surface area contributed by atoms with E-state index in [1.807, 2.05) is 12.3 Å². The third-order valence-electron chi connectivity index (χ3n) is 5.09. The maximum Gasteiger partial charge on any atom is 0.197 e. The zero-order valence-electron chi connectivity index (χ0n) is 14.4. The molecule has 0 N–H and O–H groups in total. The second-order valence-corrected chi connectivity index (χ2v) is 7.10. The number of hydrogen-bond donors (Lipinski definition) is 0. The van der Waals surface area contributed by atoms with E-state index in [0.717, 1.165) is 42.9 Å². The zero-order valence-corrected chi connectivity index (χ0v) is 14.4. The summed E-state index contributed by atoms with van der Waals surface area (Å²) in [4.78, 5) is 6.67. The summed E-state index contributed by atoms with van der Waals surface area (Å²) >= 11 is 0. The van der Waals surface area contributed by atoms with Gasteiger partial charge < -0.3 is 8.98 Å². The highest BCUT2D eigenvalue weighted by Gasteiger charge is 2.29. The molecule has 6 nitrogen and oxygen atoms in total. The first kappa shape index (κ1) is 15.7. The molecule has 0 bridgehead atoms. The maximum absolute atomic E-state index is 13.9. The lowest BCUT2D eigenvalue weighted by Gasteiger charge is -2.26. The molecule has 1 fully saturated rings. The number of fused-ring (bicyclic) bond motifs is 1. The fourth-order valence-electron chi connectivity index (χ4n) is 3.48. The van der Waals surface area contributed by atoms with Crippen molar-refractivity contribution in [2.75, 3.05) is 6.54 Å². The fraction of sp³-hybridized carbons (Fsp3) is 0.421. The van der Waals surface area contributed by atoms with Crippen molar-refractivity contribution in [2.45, 2.75) is 44.8 Å². The van der Waals surface area contributed by atoms with E-state index in [4.69, 9.17) is 4.42 Å². The van der Waals surface area contributed by atoms with Crippen molar-refractivity contribution in [3.63, 3.8) is 0 Å². The highest BCUT2D eigenvalue weighted by atomic mass is 19.1. The smallest absolute Gasteiger partial charge is 0.197 e. The van der Waals surface area contributed by atoms with Crippen LogP contribution in [0.3, 0.4) is 0 Å². The Morgan fingerprint density at radius 1 is 1.15 bits per heavy atom. The lowest BCUT2D eigenvalue weighted by Crippen LogP contribution is -2.33. The summed E-state index contributed by atoms with van der Waals surface area (Å²) in [6.07, 6.45) is 4.69. The van der Waals surface area contributed by atoms with E-state index in [2.05, 4.69) is 24.6 Å². The summed E-state index contributed by atoms with van der Waals surface area (Å²) in [5, 5.41) is 8.62. The van der Waals surface area contributed by atoms with Gasteiger partial charge in [-0.1, -0.05) is 18.2 Å². The molecule has 134 valence electrons. The molecule has 0 spiro atoms. The van der Waals surface area contributed by atoms with Crippen LogP contribution in [0, 0.1) is 5.82 Å². The summed E-state index contributed by atoms with van der Waals surface area (Å²) in [5.41, 5.74) is 0.652. The van der Waals surface area contributed by atoms with Gasteiger partial charge in [-0.3, -0.25) is 4.90 Å². The second-order valence-electron chi connectivity index (χ2n) is 7.10. The number of rotatable bonds is 5. The first-order valence-corrected chi connectivity index (χ1v) is 9.07. The van der Waals surface area contributed by atoms with Crippen LogP contribution in [0.1, 0.15) is 47.6 Å². The Kier molecular flexibility index (Phi) is 3.81. The largest absolute Gasteiger partial charge is 0.444 e. The normalized spacial score (nSPS) is 17.4. The lowest BCUT2D eigenvalue weighted by atomic mass is 10.1. The quantitative estimate of drug-likeness (QED) is 0.706. The van der Waals surface area contributed by atoms with Crippen LogP contribution in [0.5, 0.6) is 0 Å². The Morgan fingerprint density at radius 3 is 2.88 bits per heavy atom. The molecule has 0 amide bonds. The first-order chi connectivity index (χ1) is 12.8. The van der Waals surface area contributed by atoms with Crippen molar-refractivity contribution >= 4 is 0 Å². The summed E-state index contributed by atoms with van der Waals surface area (Å²) in [6, 6.07) is 6.83. The predicted molar refractivity (Wildman–Crippen MR) is 91.8 cm³/mol. The second kappa shape index (κ2) is 6.32. The number of benzene rings is 1. The first-order valence-electron chi connectivity index (χ1n) is 9.07. The maximum atomic E-state index is 13.9. The van der Waals surface area contributed by atoms with Crippen LogP contribution in [0.15, 0.2) is 34.9 Å². The molecule has 26 heavy (non-hydrogen) atoms. The van der Waals surface area contributed by atoms with Crippen molar-refractivity contribution in [3.05, 3.63) is 65.1 Å². The fourth-order valence-corrected chi connectivity index (χ4v) is 3.48. The number of aromatic nitrogens is 4. The Morgan fingerprint density at radius 2 is 2.04 bits per heavy atom. The molecule has 1 saturated carbocycles. The van der Waals surface area contributed by atoms with Crippen LogP contribution >= 0.6 is 0 Å². The van der Waals surface area contributed by atoms with Gasteiger partial charge in [0.1, 0.15) is 23.2 Å². The van der Waals surface area contributed by atoms with E-state index in [0.29, 0.717) is 24.4 Å². The van der Waals surface area contributed by atoms with E-state index < -0.39 is 0 Å². The van der Waals surface area contributed by atoms with Crippen molar-refractivity contribution < 1.29 is 8.81 Å². The molecule has 1 aliphatic heterocycles. The number of oxazole rings is 1. The van der Waals surface area contributed by atoms with Gasteiger partial charge >= 0.3 is 0 Å². The summed E-state index contributed by atoms with van der Waals surface area (Å²) < 4.78 is 21.9. The molecule has 3 heterocycles. The van der Waals surface area contributed by atoms with E-state index >= 15 is 0 Å². The highest BCUT2D eigenvalue weighted by Crippen LogP contribution is 2.39. The van der Waals surface area contributed by atoms with Gasteiger partial charge in [-0.25, -0.2) is 9.37 Å². The molecule has 2 aliphatic rings. The number of hydrogen-bond acceptors (Lipinski definition) is 5. The van der Waals surface area contributed by atoms with Crippen molar-refractivity contribution in [1.82, 2.24) is 24.6 Å². The van der Waals surface area contributed by atoms with Gasteiger partial charge in [0, 0.05) is 25.4 Å². The topological polar surface area (TPSA) is 60.0 Å². The molecule has 3 aromatic rings. The monoisotopic (exact) mass is 353 g/mol. The summed E-state index contributed by atoms with van der Waals surface area (Å²) in [5.74, 6) is 3.87. The highest BCUT2D eigenvalue weighted by molar-refractivity contribution is 5.21. The van der Waals surface area contributed by atoms with E-state index in [9.17, 15) is 4.39 Å². The molecule has 0 unspecified atom stereocenters. The van der Waals surface area contributed by atoms with Gasteiger partial charge in [0.2, 0.25) is 0 Å². The molecular weight excluding hydrogens is 333 g/mol.